The zero-order valence-electron chi connectivity index (χ0n) is 8.58. The number of halogens is 1. The Morgan fingerprint density at radius 3 is 2.93 bits per heavy atom. The van der Waals surface area contributed by atoms with Crippen molar-refractivity contribution in [3.05, 3.63) is 23.0 Å². The Kier molecular flexibility index (Phi) is 4.42. The van der Waals surface area contributed by atoms with E-state index in [2.05, 4.69) is 23.5 Å². The molecule has 1 atom stereocenters. The van der Waals surface area contributed by atoms with Crippen LogP contribution in [0.25, 0.3) is 0 Å². The van der Waals surface area contributed by atoms with E-state index in [1.54, 1.807) is 13.3 Å². The molecule has 1 rings (SSSR count). The molecule has 1 heterocycles. The molecule has 0 bridgehead atoms. The van der Waals surface area contributed by atoms with Gasteiger partial charge in [0.15, 0.2) is 10.9 Å². The lowest BCUT2D eigenvalue weighted by Crippen LogP contribution is -1.91. The maximum absolute atomic E-state index is 5.83. The molecule has 78 valence electrons. The quantitative estimate of drug-likeness (QED) is 0.590. The maximum Gasteiger partial charge on any atom is 0.171 e. The molecule has 2 nitrogen and oxygen atoms in total. The number of nitrogens with zero attached hydrogens (tertiary/aromatic N) is 1. The Labute approximate surface area is 92.2 Å². The number of hydrogen-bond acceptors (Lipinski definition) is 2. The van der Waals surface area contributed by atoms with Crippen LogP contribution in [0, 0.1) is 0 Å². The zero-order chi connectivity index (χ0) is 10.6. The van der Waals surface area contributed by atoms with Gasteiger partial charge in [-0.15, -0.1) is 0 Å². The van der Waals surface area contributed by atoms with Crippen molar-refractivity contribution in [1.29, 1.82) is 0 Å². The molecule has 0 amide bonds. The first-order valence-electron chi connectivity index (χ1n) is 4.26. The highest BCUT2D eigenvalue weighted by Crippen LogP contribution is 2.25. The number of pyridine rings is 1. The number of hydrogen-bond donors (Lipinski definition) is 0. The topological polar surface area (TPSA) is 22.1 Å². The number of ether oxygens (including phenoxy) is 1. The summed E-state index contributed by atoms with van der Waals surface area (Å²) >= 11 is 5.83. The predicted molar refractivity (Wildman–Crippen MR) is 64.8 cm³/mol. The van der Waals surface area contributed by atoms with E-state index in [1.807, 2.05) is 6.07 Å². The van der Waals surface area contributed by atoms with E-state index in [1.165, 1.54) is 0 Å². The van der Waals surface area contributed by atoms with Crippen LogP contribution in [0.3, 0.4) is 0 Å². The van der Waals surface area contributed by atoms with Crippen molar-refractivity contribution < 1.29 is 4.74 Å². The highest BCUT2D eigenvalue weighted by molar-refractivity contribution is 8.13. The summed E-state index contributed by atoms with van der Waals surface area (Å²) < 4.78 is 5.10. The maximum atomic E-state index is 5.83. The van der Waals surface area contributed by atoms with Crippen molar-refractivity contribution in [1.82, 2.24) is 4.98 Å². The van der Waals surface area contributed by atoms with Crippen LogP contribution in [0.1, 0.15) is 12.5 Å². The van der Waals surface area contributed by atoms with Crippen LogP contribution in [-0.4, -0.2) is 23.7 Å². The molecule has 14 heavy (non-hydrogen) atoms. The van der Waals surface area contributed by atoms with E-state index in [4.69, 9.17) is 16.3 Å². The number of aromatic nitrogens is 1. The Hall–Kier alpha value is -0.540. The third kappa shape index (κ3) is 3.00. The molecular weight excluding hydrogens is 218 g/mol. The molecule has 0 fully saturated rings. The lowest BCUT2D eigenvalue weighted by atomic mass is 10.3. The molecule has 0 saturated carbocycles. The summed E-state index contributed by atoms with van der Waals surface area (Å²) in [5.74, 6) is 1.65. The lowest BCUT2D eigenvalue weighted by Gasteiger charge is -2.06. The molecule has 0 N–H and O–H groups in total. The average molecular weight is 232 g/mol. The van der Waals surface area contributed by atoms with Crippen LogP contribution in [0.15, 0.2) is 12.3 Å². The van der Waals surface area contributed by atoms with E-state index in [0.717, 1.165) is 11.3 Å². The van der Waals surface area contributed by atoms with Crippen molar-refractivity contribution >= 4 is 27.5 Å². The van der Waals surface area contributed by atoms with Crippen molar-refractivity contribution in [2.75, 3.05) is 13.4 Å². The van der Waals surface area contributed by atoms with Crippen LogP contribution in [0.4, 0.5) is 0 Å². The minimum Gasteiger partial charge on any atom is -0.494 e. The van der Waals surface area contributed by atoms with Gasteiger partial charge in [-0.05, 0) is 24.8 Å². The Morgan fingerprint density at radius 2 is 2.36 bits per heavy atom. The number of rotatable bonds is 3. The molecule has 0 aliphatic heterocycles. The summed E-state index contributed by atoms with van der Waals surface area (Å²) in [6.07, 6.45) is 4.00. The standard InChI is InChI=1S/C10H14ClNOS/c1-4-14(3)7-8-5-9(13-2)10(11)12-6-8/h4-6H,7H2,1-3H3. The smallest absolute Gasteiger partial charge is 0.171 e. The van der Waals surface area contributed by atoms with Gasteiger partial charge in [0.05, 0.1) is 7.11 Å². The minimum absolute atomic E-state index is 0.292. The van der Waals surface area contributed by atoms with Crippen molar-refractivity contribution in [3.63, 3.8) is 0 Å². The Morgan fingerprint density at radius 1 is 1.64 bits per heavy atom. The molecule has 0 saturated heterocycles. The molecule has 1 aromatic rings. The molecule has 0 aliphatic rings. The minimum atomic E-state index is 0.292. The van der Waals surface area contributed by atoms with Gasteiger partial charge < -0.3 is 4.74 Å². The molecule has 0 radical (unpaired) electrons. The predicted octanol–water partition coefficient (Wildman–Crippen LogP) is 2.96. The van der Waals surface area contributed by atoms with Crippen molar-refractivity contribution in [2.45, 2.75) is 12.7 Å². The zero-order valence-corrected chi connectivity index (χ0v) is 10.2. The van der Waals surface area contributed by atoms with Gasteiger partial charge >= 0.3 is 0 Å². The molecule has 0 aromatic carbocycles. The van der Waals surface area contributed by atoms with Crippen LogP contribution in [0.5, 0.6) is 5.75 Å². The normalized spacial score (nSPS) is 12.9. The second-order valence-electron chi connectivity index (χ2n) is 2.91. The van der Waals surface area contributed by atoms with Gasteiger partial charge in [0.25, 0.3) is 0 Å². The van der Waals surface area contributed by atoms with Gasteiger partial charge in [-0.2, -0.15) is 10.5 Å². The fourth-order valence-electron chi connectivity index (χ4n) is 1.04. The fraction of sp³-hybridized carbons (Fsp3) is 0.400. The van der Waals surface area contributed by atoms with E-state index in [9.17, 15) is 0 Å². The van der Waals surface area contributed by atoms with Crippen LogP contribution >= 0.6 is 22.1 Å². The van der Waals surface area contributed by atoms with Gasteiger partial charge in [0.2, 0.25) is 0 Å². The van der Waals surface area contributed by atoms with Gasteiger partial charge in [-0.1, -0.05) is 17.0 Å². The van der Waals surface area contributed by atoms with Gasteiger partial charge in [0.1, 0.15) is 0 Å². The average Bonchev–Trinajstić information content (AvgIpc) is 2.20. The van der Waals surface area contributed by atoms with Crippen molar-refractivity contribution in [2.24, 2.45) is 0 Å². The molecular formula is C10H14ClNOS. The summed E-state index contributed by atoms with van der Waals surface area (Å²) in [7, 11) is 1.89. The monoisotopic (exact) mass is 231 g/mol. The summed E-state index contributed by atoms with van der Waals surface area (Å²) in [5, 5.41) is 2.62. The number of methoxy groups -OCH3 is 1. The first-order chi connectivity index (χ1) is 6.67. The second-order valence-corrected chi connectivity index (χ2v) is 5.41. The summed E-state index contributed by atoms with van der Waals surface area (Å²) in [5.41, 5.74) is 1.16. The van der Waals surface area contributed by atoms with Gasteiger partial charge in [-0.3, -0.25) is 0 Å². The lowest BCUT2D eigenvalue weighted by molar-refractivity contribution is 0.413. The van der Waals surface area contributed by atoms with E-state index in [0.29, 0.717) is 21.4 Å². The summed E-state index contributed by atoms with van der Waals surface area (Å²) in [4.78, 5) is 4.07. The fourth-order valence-corrected chi connectivity index (χ4v) is 2.07. The molecule has 4 heteroatoms. The highest BCUT2D eigenvalue weighted by Gasteiger charge is 2.03. The summed E-state index contributed by atoms with van der Waals surface area (Å²) in [6, 6.07) is 1.95. The van der Waals surface area contributed by atoms with E-state index < -0.39 is 0 Å². The van der Waals surface area contributed by atoms with Gasteiger partial charge in [0, 0.05) is 11.9 Å². The first kappa shape index (κ1) is 11.5. The van der Waals surface area contributed by atoms with Crippen LogP contribution in [-0.2, 0) is 5.75 Å². The molecule has 1 aromatic heterocycles. The van der Waals surface area contributed by atoms with Gasteiger partial charge in [-0.25, -0.2) is 4.98 Å². The van der Waals surface area contributed by atoms with Crippen LogP contribution < -0.4 is 4.74 Å². The molecule has 1 unspecified atom stereocenters. The SMILES string of the molecule is C/C=S(/C)Cc1cnc(Cl)c(OC)c1. The van der Waals surface area contributed by atoms with Crippen molar-refractivity contribution in [3.8, 4) is 5.75 Å². The largest absolute Gasteiger partial charge is 0.494 e. The van der Waals surface area contributed by atoms with E-state index in [-0.39, 0.29) is 0 Å². The third-order valence-electron chi connectivity index (χ3n) is 1.88. The Balaban J connectivity index is 2.90. The molecule has 0 aliphatic carbocycles. The first-order valence-corrected chi connectivity index (χ1v) is 6.51. The Bertz CT molecular complexity index is 352. The highest BCUT2D eigenvalue weighted by atomic mass is 35.5. The molecule has 0 spiro atoms. The summed E-state index contributed by atoms with van der Waals surface area (Å²) in [6.45, 7) is 2.07. The third-order valence-corrected chi connectivity index (χ3v) is 3.76. The second kappa shape index (κ2) is 5.37. The van der Waals surface area contributed by atoms with Crippen LogP contribution in [0.2, 0.25) is 5.15 Å². The van der Waals surface area contributed by atoms with E-state index >= 15 is 0 Å².